The molecule has 1 aromatic heterocycles. The standard InChI is InChI=1S/C14H13FN2O2/c15-13-7-6-11(8-16-13)14(19)17-12(9-18)10-4-2-1-3-5-10/h1-8,12,18H,9H2,(H,17,19)/t12-/m1/s1. The summed E-state index contributed by atoms with van der Waals surface area (Å²) < 4.78 is 12.7. The Bertz CT molecular complexity index is 543. The van der Waals surface area contributed by atoms with Crippen molar-refractivity contribution in [2.24, 2.45) is 0 Å². The molecule has 4 nitrogen and oxygen atoms in total. The number of hydrogen-bond donors (Lipinski definition) is 2. The number of hydrogen-bond acceptors (Lipinski definition) is 3. The zero-order valence-corrected chi connectivity index (χ0v) is 10.1. The summed E-state index contributed by atoms with van der Waals surface area (Å²) in [4.78, 5) is 15.3. The molecule has 1 aromatic carbocycles. The van der Waals surface area contributed by atoms with Crippen molar-refractivity contribution < 1.29 is 14.3 Å². The summed E-state index contributed by atoms with van der Waals surface area (Å²) in [5, 5.41) is 12.0. The second kappa shape index (κ2) is 6.06. The predicted octanol–water partition coefficient (Wildman–Crippen LogP) is 1.68. The van der Waals surface area contributed by atoms with Crippen LogP contribution in [-0.4, -0.2) is 22.6 Å². The van der Waals surface area contributed by atoms with E-state index in [0.29, 0.717) is 0 Å². The highest BCUT2D eigenvalue weighted by Crippen LogP contribution is 2.12. The van der Waals surface area contributed by atoms with Gasteiger partial charge in [-0.1, -0.05) is 30.3 Å². The number of nitrogens with one attached hydrogen (secondary N) is 1. The number of aliphatic hydroxyl groups is 1. The van der Waals surface area contributed by atoms with Gasteiger partial charge in [-0.2, -0.15) is 4.39 Å². The molecule has 2 aromatic rings. The average Bonchev–Trinajstić information content (AvgIpc) is 2.46. The van der Waals surface area contributed by atoms with Crippen molar-refractivity contribution in [3.05, 3.63) is 65.7 Å². The van der Waals surface area contributed by atoms with Gasteiger partial charge >= 0.3 is 0 Å². The Morgan fingerprint density at radius 2 is 2.00 bits per heavy atom. The molecular formula is C14H13FN2O2. The summed E-state index contributed by atoms with van der Waals surface area (Å²) in [5.74, 6) is -1.05. The summed E-state index contributed by atoms with van der Waals surface area (Å²) in [5.41, 5.74) is 1.05. The molecule has 5 heteroatoms. The van der Waals surface area contributed by atoms with Crippen LogP contribution < -0.4 is 5.32 Å². The molecule has 0 aliphatic heterocycles. The Labute approximate surface area is 109 Å². The molecule has 0 bridgehead atoms. The second-order valence-corrected chi connectivity index (χ2v) is 3.99. The van der Waals surface area contributed by atoms with E-state index in [0.717, 1.165) is 17.8 Å². The quantitative estimate of drug-likeness (QED) is 0.822. The molecule has 0 radical (unpaired) electrons. The summed E-state index contributed by atoms with van der Waals surface area (Å²) in [7, 11) is 0. The SMILES string of the molecule is O=C(N[C@H](CO)c1ccccc1)c1ccc(F)nc1. The van der Waals surface area contributed by atoms with E-state index in [1.165, 1.54) is 6.07 Å². The van der Waals surface area contributed by atoms with Crippen molar-refractivity contribution in [2.45, 2.75) is 6.04 Å². The summed E-state index contributed by atoms with van der Waals surface area (Å²) >= 11 is 0. The number of rotatable bonds is 4. The van der Waals surface area contributed by atoms with E-state index in [-0.39, 0.29) is 12.2 Å². The highest BCUT2D eigenvalue weighted by molar-refractivity contribution is 5.94. The minimum Gasteiger partial charge on any atom is -0.394 e. The third-order valence-electron chi connectivity index (χ3n) is 2.68. The first-order chi connectivity index (χ1) is 9.20. The van der Waals surface area contributed by atoms with Gasteiger partial charge in [0.15, 0.2) is 0 Å². The Morgan fingerprint density at radius 1 is 1.26 bits per heavy atom. The first-order valence-corrected chi connectivity index (χ1v) is 5.79. The van der Waals surface area contributed by atoms with Crippen molar-refractivity contribution in [2.75, 3.05) is 6.61 Å². The van der Waals surface area contributed by atoms with Gasteiger partial charge in [0, 0.05) is 6.20 Å². The van der Waals surface area contributed by atoms with Crippen LogP contribution in [0, 0.1) is 5.95 Å². The first kappa shape index (κ1) is 13.2. The van der Waals surface area contributed by atoms with E-state index in [1.807, 2.05) is 30.3 Å². The molecule has 0 aliphatic rings. The lowest BCUT2D eigenvalue weighted by atomic mass is 10.1. The topological polar surface area (TPSA) is 62.2 Å². The molecule has 0 aliphatic carbocycles. The molecule has 2 rings (SSSR count). The van der Waals surface area contributed by atoms with E-state index in [1.54, 1.807) is 0 Å². The van der Waals surface area contributed by atoms with Gasteiger partial charge in [0.25, 0.3) is 5.91 Å². The number of aliphatic hydroxyl groups excluding tert-OH is 1. The van der Waals surface area contributed by atoms with E-state index < -0.39 is 17.9 Å². The Kier molecular flexibility index (Phi) is 4.20. The number of benzene rings is 1. The van der Waals surface area contributed by atoms with Crippen LogP contribution >= 0.6 is 0 Å². The third kappa shape index (κ3) is 3.35. The van der Waals surface area contributed by atoms with Crippen LogP contribution in [0.1, 0.15) is 22.0 Å². The molecule has 0 fully saturated rings. The summed E-state index contributed by atoms with van der Waals surface area (Å²) in [6.07, 6.45) is 1.16. The van der Waals surface area contributed by atoms with E-state index >= 15 is 0 Å². The number of nitrogens with zero attached hydrogens (tertiary/aromatic N) is 1. The molecule has 0 spiro atoms. The molecule has 2 N–H and O–H groups in total. The second-order valence-electron chi connectivity index (χ2n) is 3.99. The fraction of sp³-hybridized carbons (Fsp3) is 0.143. The van der Waals surface area contributed by atoms with Crippen LogP contribution in [0.25, 0.3) is 0 Å². The average molecular weight is 260 g/mol. The molecular weight excluding hydrogens is 247 g/mol. The maximum Gasteiger partial charge on any atom is 0.253 e. The van der Waals surface area contributed by atoms with Gasteiger partial charge in [-0.3, -0.25) is 4.79 Å². The number of carbonyl (C=O) groups is 1. The van der Waals surface area contributed by atoms with Crippen LogP contribution in [0.4, 0.5) is 4.39 Å². The predicted molar refractivity (Wildman–Crippen MR) is 67.9 cm³/mol. The monoisotopic (exact) mass is 260 g/mol. The number of carbonyl (C=O) groups excluding carboxylic acids is 1. The molecule has 1 amide bonds. The smallest absolute Gasteiger partial charge is 0.253 e. The molecule has 1 atom stereocenters. The van der Waals surface area contributed by atoms with Crippen molar-refractivity contribution in [3.8, 4) is 0 Å². The zero-order valence-electron chi connectivity index (χ0n) is 10.1. The van der Waals surface area contributed by atoms with Crippen LogP contribution in [0.3, 0.4) is 0 Å². The van der Waals surface area contributed by atoms with Crippen molar-refractivity contribution in [1.82, 2.24) is 10.3 Å². The number of aromatic nitrogens is 1. The molecule has 0 unspecified atom stereocenters. The normalized spacial score (nSPS) is 11.9. The Hall–Kier alpha value is -2.27. The minimum atomic E-state index is -0.640. The molecule has 19 heavy (non-hydrogen) atoms. The van der Waals surface area contributed by atoms with E-state index in [9.17, 15) is 14.3 Å². The zero-order chi connectivity index (χ0) is 13.7. The Morgan fingerprint density at radius 3 is 2.58 bits per heavy atom. The van der Waals surface area contributed by atoms with Gasteiger partial charge in [0.05, 0.1) is 18.2 Å². The van der Waals surface area contributed by atoms with Gasteiger partial charge < -0.3 is 10.4 Å². The fourth-order valence-corrected chi connectivity index (χ4v) is 1.67. The van der Waals surface area contributed by atoms with Gasteiger partial charge in [-0.25, -0.2) is 4.98 Å². The number of pyridine rings is 1. The lowest BCUT2D eigenvalue weighted by Crippen LogP contribution is -2.30. The highest BCUT2D eigenvalue weighted by Gasteiger charge is 2.14. The molecule has 0 saturated heterocycles. The largest absolute Gasteiger partial charge is 0.394 e. The molecule has 98 valence electrons. The minimum absolute atomic E-state index is 0.218. The summed E-state index contributed by atoms with van der Waals surface area (Å²) in [6.45, 7) is -0.218. The first-order valence-electron chi connectivity index (χ1n) is 5.79. The van der Waals surface area contributed by atoms with Gasteiger partial charge in [0.2, 0.25) is 5.95 Å². The van der Waals surface area contributed by atoms with E-state index in [2.05, 4.69) is 10.3 Å². The van der Waals surface area contributed by atoms with E-state index in [4.69, 9.17) is 0 Å². The van der Waals surface area contributed by atoms with Crippen LogP contribution in [0.15, 0.2) is 48.7 Å². The van der Waals surface area contributed by atoms with Crippen molar-refractivity contribution in [3.63, 3.8) is 0 Å². The summed E-state index contributed by atoms with van der Waals surface area (Å²) in [6, 6.07) is 11.1. The van der Waals surface area contributed by atoms with Gasteiger partial charge in [0.1, 0.15) is 0 Å². The van der Waals surface area contributed by atoms with Crippen molar-refractivity contribution in [1.29, 1.82) is 0 Å². The highest BCUT2D eigenvalue weighted by atomic mass is 19.1. The lowest BCUT2D eigenvalue weighted by Gasteiger charge is -2.16. The van der Waals surface area contributed by atoms with Crippen LogP contribution in [0.5, 0.6) is 0 Å². The third-order valence-corrected chi connectivity index (χ3v) is 2.68. The Balaban J connectivity index is 2.10. The lowest BCUT2D eigenvalue weighted by molar-refractivity contribution is 0.0915. The number of amides is 1. The fourth-order valence-electron chi connectivity index (χ4n) is 1.67. The van der Waals surface area contributed by atoms with Crippen LogP contribution in [0.2, 0.25) is 0 Å². The van der Waals surface area contributed by atoms with Gasteiger partial charge in [-0.15, -0.1) is 0 Å². The maximum absolute atomic E-state index is 12.7. The van der Waals surface area contributed by atoms with Gasteiger partial charge in [-0.05, 0) is 17.7 Å². The van der Waals surface area contributed by atoms with Crippen molar-refractivity contribution >= 4 is 5.91 Å². The molecule has 0 saturated carbocycles. The van der Waals surface area contributed by atoms with Crippen LogP contribution in [-0.2, 0) is 0 Å². The molecule has 1 heterocycles. The number of halogens is 1. The maximum atomic E-state index is 12.7.